The van der Waals surface area contributed by atoms with E-state index in [1.165, 1.54) is 21.0 Å². The Bertz CT molecular complexity index is 1680. The van der Waals surface area contributed by atoms with Crippen LogP contribution < -0.4 is 21.3 Å². The molecule has 0 radical (unpaired) electrons. The van der Waals surface area contributed by atoms with E-state index in [0.29, 0.717) is 0 Å². The molecular weight excluding hydrogens is 682 g/mol. The van der Waals surface area contributed by atoms with Gasteiger partial charge in [-0.25, -0.2) is 9.59 Å². The molecule has 1 heterocycles. The maximum Gasteiger partial charge on any atom is 0.407 e. The molecule has 0 saturated heterocycles. The van der Waals surface area contributed by atoms with Crippen molar-refractivity contribution < 1.29 is 43.7 Å². The number of carboxylic acids is 1. The van der Waals surface area contributed by atoms with Gasteiger partial charge in [0, 0.05) is 17.8 Å². The van der Waals surface area contributed by atoms with Gasteiger partial charge in [0.05, 0.1) is 37.5 Å². The number of aromatic nitrogens is 1. The highest BCUT2D eigenvalue weighted by molar-refractivity contribution is 5.92. The molecule has 0 bridgehead atoms. The highest BCUT2D eigenvalue weighted by Gasteiger charge is 2.44. The largest absolute Gasteiger partial charge is 0.481 e. The van der Waals surface area contributed by atoms with Crippen molar-refractivity contribution in [1.29, 1.82) is 0 Å². The van der Waals surface area contributed by atoms with Gasteiger partial charge in [-0.05, 0) is 61.8 Å². The molecule has 0 unspecified atom stereocenters. The molecule has 0 saturated carbocycles. The van der Waals surface area contributed by atoms with Crippen LogP contribution in [0.25, 0.3) is 11.3 Å². The van der Waals surface area contributed by atoms with Crippen LogP contribution >= 0.6 is 0 Å². The number of alkyl carbamates (subject to hydrolysis) is 2. The summed E-state index contributed by atoms with van der Waals surface area (Å²) in [5.74, 6) is -2.72. The number of nitrogens with zero attached hydrogens (tertiary/aromatic N) is 1. The van der Waals surface area contributed by atoms with Crippen molar-refractivity contribution in [2.75, 3.05) is 14.2 Å². The second-order valence-electron chi connectivity index (χ2n) is 14.5. The average Bonchev–Trinajstić information content (AvgIpc) is 3.12. The molecule has 0 aliphatic heterocycles. The van der Waals surface area contributed by atoms with Crippen molar-refractivity contribution in [3.05, 3.63) is 90.1 Å². The van der Waals surface area contributed by atoms with Crippen molar-refractivity contribution >= 4 is 30.0 Å². The minimum absolute atomic E-state index is 0.0714. The van der Waals surface area contributed by atoms with E-state index in [9.17, 15) is 34.2 Å². The van der Waals surface area contributed by atoms with Crippen molar-refractivity contribution in [1.82, 2.24) is 26.3 Å². The van der Waals surface area contributed by atoms with Gasteiger partial charge in [0.1, 0.15) is 12.1 Å². The van der Waals surface area contributed by atoms with Crippen LogP contribution in [-0.2, 0) is 36.7 Å². The van der Waals surface area contributed by atoms with Crippen molar-refractivity contribution in [2.45, 2.75) is 84.2 Å². The van der Waals surface area contributed by atoms with E-state index < -0.39 is 71.1 Å². The predicted molar refractivity (Wildman–Crippen MR) is 198 cm³/mol. The molecule has 53 heavy (non-hydrogen) atoms. The Labute approximate surface area is 310 Å². The topological polar surface area (TPSA) is 205 Å². The number of benzene rings is 2. The van der Waals surface area contributed by atoms with Gasteiger partial charge in [0.25, 0.3) is 0 Å². The van der Waals surface area contributed by atoms with Crippen LogP contribution in [0, 0.1) is 10.8 Å². The predicted octanol–water partition coefficient (Wildman–Crippen LogP) is 3.86. The third-order valence-corrected chi connectivity index (χ3v) is 8.92. The van der Waals surface area contributed by atoms with E-state index in [4.69, 9.17) is 4.74 Å². The van der Waals surface area contributed by atoms with E-state index in [1.807, 2.05) is 60.7 Å². The summed E-state index contributed by atoms with van der Waals surface area (Å²) < 4.78 is 9.42. The van der Waals surface area contributed by atoms with Gasteiger partial charge in [0.2, 0.25) is 11.8 Å². The summed E-state index contributed by atoms with van der Waals surface area (Å²) in [5.41, 5.74) is 0.750. The summed E-state index contributed by atoms with van der Waals surface area (Å²) in [7, 11) is 2.29. The zero-order chi connectivity index (χ0) is 39.3. The first-order chi connectivity index (χ1) is 25.0. The molecule has 3 rings (SSSR count). The molecule has 1 aromatic heterocycles. The van der Waals surface area contributed by atoms with Crippen molar-refractivity contribution in [2.24, 2.45) is 10.8 Å². The Kier molecular flexibility index (Phi) is 14.9. The molecule has 286 valence electrons. The minimum atomic E-state index is -1.77. The van der Waals surface area contributed by atoms with Gasteiger partial charge >= 0.3 is 18.2 Å². The van der Waals surface area contributed by atoms with Crippen LogP contribution in [0.1, 0.15) is 52.2 Å². The molecule has 0 aliphatic carbocycles. The maximum atomic E-state index is 13.8. The second-order valence-corrected chi connectivity index (χ2v) is 14.5. The van der Waals surface area contributed by atoms with Gasteiger partial charge < -0.3 is 41.0 Å². The van der Waals surface area contributed by atoms with Gasteiger partial charge in [0.15, 0.2) is 0 Å². The fourth-order valence-corrected chi connectivity index (χ4v) is 5.71. The quantitative estimate of drug-likeness (QED) is 0.125. The van der Waals surface area contributed by atoms with Crippen LogP contribution in [0.2, 0.25) is 0 Å². The number of pyridine rings is 1. The molecule has 0 aliphatic rings. The first-order valence-corrected chi connectivity index (χ1v) is 17.2. The Hall–Kier alpha value is -5.50. The number of hydrogen-bond donors (Lipinski definition) is 6. The van der Waals surface area contributed by atoms with Crippen LogP contribution in [0.3, 0.4) is 0 Å². The van der Waals surface area contributed by atoms with Crippen molar-refractivity contribution in [3.63, 3.8) is 0 Å². The number of ether oxygens (including phenoxy) is 2. The monoisotopic (exact) mass is 733 g/mol. The van der Waals surface area contributed by atoms with Crippen LogP contribution in [-0.4, -0.2) is 89.7 Å². The molecule has 2 aromatic carbocycles. The van der Waals surface area contributed by atoms with Crippen LogP contribution in [0.4, 0.5) is 9.59 Å². The minimum Gasteiger partial charge on any atom is -0.481 e. The van der Waals surface area contributed by atoms with E-state index in [1.54, 1.807) is 39.1 Å². The standard InChI is InChI=1S/C39H51N5O9/c1-38(2,3)31(43-36(50)52-6)33(46)41-27(21-25-16-18-26(19-17-25)28-15-11-12-20-40-28)23-30(45)29(22-24-13-9-8-10-14-24)42-34(47)32(44-37(51)53-7)39(4,5)35(48)49/h8-20,27,29-32,45H,21-23H2,1-7H3,(H,41,46)(H,42,47)(H,43,50)(H,44,51)(H,48,49)/t27-,29-,30-,31+,32+/m0/s1. The van der Waals surface area contributed by atoms with Gasteiger partial charge in [-0.2, -0.15) is 0 Å². The third kappa shape index (κ3) is 12.3. The Morgan fingerprint density at radius 3 is 1.77 bits per heavy atom. The van der Waals surface area contributed by atoms with Crippen molar-refractivity contribution in [3.8, 4) is 11.3 Å². The molecule has 14 heteroatoms. The lowest BCUT2D eigenvalue weighted by Gasteiger charge is -2.34. The molecule has 6 N–H and O–H groups in total. The van der Waals surface area contributed by atoms with Gasteiger partial charge in [-0.3, -0.25) is 19.4 Å². The number of nitrogens with one attached hydrogen (secondary N) is 4. The molecule has 4 amide bonds. The molecule has 5 atom stereocenters. The normalized spacial score (nSPS) is 14.3. The first kappa shape index (κ1) is 41.9. The zero-order valence-electron chi connectivity index (χ0n) is 31.2. The Morgan fingerprint density at radius 2 is 1.25 bits per heavy atom. The molecule has 3 aromatic rings. The number of aliphatic carboxylic acids is 1. The lowest BCUT2D eigenvalue weighted by molar-refractivity contribution is -0.151. The molecule has 14 nitrogen and oxygen atoms in total. The average molecular weight is 734 g/mol. The van der Waals surface area contributed by atoms with E-state index >= 15 is 0 Å². The number of carbonyl (C=O) groups is 5. The maximum absolute atomic E-state index is 13.8. The lowest BCUT2D eigenvalue weighted by Crippen LogP contribution is -2.60. The Balaban J connectivity index is 1.99. The van der Waals surface area contributed by atoms with E-state index in [2.05, 4.69) is 31.0 Å². The number of aliphatic hydroxyl groups excluding tert-OH is 1. The summed E-state index contributed by atoms with van der Waals surface area (Å²) in [5, 5.41) is 32.5. The number of hydrogen-bond acceptors (Lipinski definition) is 9. The smallest absolute Gasteiger partial charge is 0.407 e. The third-order valence-electron chi connectivity index (χ3n) is 8.92. The number of carboxylic acid groups (broad SMARTS) is 1. The molecular formula is C39H51N5O9. The highest BCUT2D eigenvalue weighted by atomic mass is 16.5. The van der Waals surface area contributed by atoms with Gasteiger partial charge in [-0.15, -0.1) is 0 Å². The zero-order valence-corrected chi connectivity index (χ0v) is 31.2. The summed E-state index contributed by atoms with van der Waals surface area (Å²) in [6.07, 6.45) is -1.09. The SMILES string of the molecule is COC(=O)N[C@H](C(=O)N[C@@H](Cc1ccc(-c2ccccn2)cc1)C[C@H](O)[C@H](Cc1ccccc1)NC(=O)[C@@H](NC(=O)OC)C(C)(C)C(=O)O)C(C)(C)C. The molecule has 0 fully saturated rings. The van der Waals surface area contributed by atoms with E-state index in [-0.39, 0.29) is 19.3 Å². The van der Waals surface area contributed by atoms with Crippen LogP contribution in [0.5, 0.6) is 0 Å². The summed E-state index contributed by atoms with van der Waals surface area (Å²) >= 11 is 0. The number of amides is 4. The number of methoxy groups -OCH3 is 2. The fourth-order valence-electron chi connectivity index (χ4n) is 5.71. The summed E-state index contributed by atoms with van der Waals surface area (Å²) in [6.45, 7) is 7.94. The number of aliphatic hydroxyl groups is 1. The highest BCUT2D eigenvalue weighted by Crippen LogP contribution is 2.24. The summed E-state index contributed by atoms with van der Waals surface area (Å²) in [4.78, 5) is 68.7. The number of carbonyl (C=O) groups excluding carboxylic acids is 4. The first-order valence-electron chi connectivity index (χ1n) is 17.2. The lowest BCUT2D eigenvalue weighted by atomic mass is 9.83. The summed E-state index contributed by atoms with van der Waals surface area (Å²) in [6, 6.07) is 17.9. The van der Waals surface area contributed by atoms with Crippen LogP contribution in [0.15, 0.2) is 79.0 Å². The molecule has 0 spiro atoms. The fraction of sp³-hybridized carbons (Fsp3) is 0.436. The second kappa shape index (κ2) is 18.8. The number of rotatable bonds is 16. The van der Waals surface area contributed by atoms with E-state index in [0.717, 1.165) is 29.5 Å². The van der Waals surface area contributed by atoms with Gasteiger partial charge in [-0.1, -0.05) is 81.4 Å². The Morgan fingerprint density at radius 1 is 0.698 bits per heavy atom.